The summed E-state index contributed by atoms with van der Waals surface area (Å²) in [6, 6.07) is 5.45. The fraction of sp³-hybridized carbons (Fsp3) is 0.333. The molecule has 0 radical (unpaired) electrons. The summed E-state index contributed by atoms with van der Waals surface area (Å²) in [6.45, 7) is -0.475. The molecule has 0 saturated carbocycles. The van der Waals surface area contributed by atoms with Gasteiger partial charge < -0.3 is 10.0 Å². The van der Waals surface area contributed by atoms with Crippen molar-refractivity contribution in [3.05, 3.63) is 55.0 Å². The summed E-state index contributed by atoms with van der Waals surface area (Å²) in [6.07, 6.45) is 1.09. The summed E-state index contributed by atoms with van der Waals surface area (Å²) in [5, 5.41) is 19.9. The van der Waals surface area contributed by atoms with Gasteiger partial charge in [0.05, 0.1) is 19.7 Å². The average Bonchev–Trinajstić information content (AvgIpc) is 3.06. The van der Waals surface area contributed by atoms with Gasteiger partial charge in [0, 0.05) is 18.1 Å². The predicted molar refractivity (Wildman–Crippen MR) is 87.6 cm³/mol. The smallest absolute Gasteiger partial charge is 0.331 e. The summed E-state index contributed by atoms with van der Waals surface area (Å²) in [4.78, 5) is 39.1. The highest BCUT2D eigenvalue weighted by Gasteiger charge is 2.17. The number of rotatable bonds is 6. The van der Waals surface area contributed by atoms with Crippen molar-refractivity contribution in [1.82, 2.24) is 14.0 Å². The van der Waals surface area contributed by atoms with Crippen molar-refractivity contribution in [2.24, 2.45) is 0 Å². The van der Waals surface area contributed by atoms with Gasteiger partial charge >= 0.3 is 5.69 Å². The molecule has 2 aromatic rings. The number of hydrogen-bond acceptors (Lipinski definition) is 6. The van der Waals surface area contributed by atoms with Crippen LogP contribution in [-0.4, -0.2) is 38.7 Å². The molecular formula is C15H16N4O4S. The SMILES string of the molecule is CN(Cc1cccs1)C(=O)Cn1c(=O)c(C#N)cn(CCO)c1=O. The van der Waals surface area contributed by atoms with Crippen LogP contribution in [0.5, 0.6) is 0 Å². The fourth-order valence-electron chi connectivity index (χ4n) is 2.12. The molecule has 2 heterocycles. The zero-order chi connectivity index (χ0) is 17.7. The Labute approximate surface area is 141 Å². The minimum atomic E-state index is -0.811. The maximum absolute atomic E-state index is 12.3. The minimum Gasteiger partial charge on any atom is -0.395 e. The highest BCUT2D eigenvalue weighted by Crippen LogP contribution is 2.10. The van der Waals surface area contributed by atoms with Gasteiger partial charge in [-0.3, -0.25) is 14.2 Å². The van der Waals surface area contributed by atoms with Crippen molar-refractivity contribution in [3.8, 4) is 6.07 Å². The van der Waals surface area contributed by atoms with Gasteiger partial charge in [-0.1, -0.05) is 6.07 Å². The van der Waals surface area contributed by atoms with Crippen LogP contribution in [0.1, 0.15) is 10.4 Å². The van der Waals surface area contributed by atoms with E-state index in [0.29, 0.717) is 6.54 Å². The van der Waals surface area contributed by atoms with Gasteiger partial charge in [0.1, 0.15) is 18.2 Å². The number of carbonyl (C=O) groups is 1. The first-order chi connectivity index (χ1) is 11.5. The number of nitrogens with zero attached hydrogens (tertiary/aromatic N) is 4. The third-order valence-electron chi connectivity index (χ3n) is 3.39. The Balaban J connectivity index is 2.29. The van der Waals surface area contributed by atoms with Crippen LogP contribution in [-0.2, 0) is 24.4 Å². The van der Waals surface area contributed by atoms with Crippen LogP contribution in [0.4, 0.5) is 0 Å². The Morgan fingerprint density at radius 2 is 2.21 bits per heavy atom. The molecule has 2 rings (SSSR count). The largest absolute Gasteiger partial charge is 0.395 e. The van der Waals surface area contributed by atoms with Crippen molar-refractivity contribution in [3.63, 3.8) is 0 Å². The molecule has 24 heavy (non-hydrogen) atoms. The maximum Gasteiger partial charge on any atom is 0.331 e. The minimum absolute atomic E-state index is 0.0625. The van der Waals surface area contributed by atoms with E-state index in [9.17, 15) is 14.4 Å². The summed E-state index contributed by atoms with van der Waals surface area (Å²) < 4.78 is 1.77. The molecule has 2 aromatic heterocycles. The van der Waals surface area contributed by atoms with Gasteiger partial charge in [0.15, 0.2) is 0 Å². The summed E-state index contributed by atoms with van der Waals surface area (Å²) in [5.74, 6) is -0.423. The standard InChI is InChI=1S/C15H16N4O4S/c1-17(9-12-3-2-6-24-12)13(21)10-19-14(22)11(7-16)8-18(4-5-20)15(19)23/h2-3,6,8,20H,4-5,9-10H2,1H3. The highest BCUT2D eigenvalue weighted by molar-refractivity contribution is 7.09. The number of likely N-dealkylation sites (N-methyl/N-ethyl adjacent to an activating group) is 1. The first-order valence-corrected chi connectivity index (χ1v) is 7.97. The second kappa shape index (κ2) is 7.72. The van der Waals surface area contributed by atoms with E-state index in [-0.39, 0.29) is 18.7 Å². The lowest BCUT2D eigenvalue weighted by atomic mass is 10.3. The molecule has 8 nitrogen and oxygen atoms in total. The van der Waals surface area contributed by atoms with Gasteiger partial charge in [-0.05, 0) is 11.4 Å². The molecule has 0 aliphatic rings. The monoisotopic (exact) mass is 348 g/mol. The molecule has 126 valence electrons. The Morgan fingerprint density at radius 1 is 1.46 bits per heavy atom. The van der Waals surface area contributed by atoms with E-state index in [1.807, 2.05) is 17.5 Å². The number of nitriles is 1. The van der Waals surface area contributed by atoms with Crippen LogP contribution in [0.25, 0.3) is 0 Å². The number of aliphatic hydroxyl groups is 1. The molecular weight excluding hydrogens is 332 g/mol. The molecule has 0 saturated heterocycles. The molecule has 0 fully saturated rings. The first kappa shape index (κ1) is 17.7. The molecule has 0 bridgehead atoms. The van der Waals surface area contributed by atoms with Gasteiger partial charge in [-0.25, -0.2) is 9.36 Å². The number of thiophene rings is 1. The highest BCUT2D eigenvalue weighted by atomic mass is 32.1. The molecule has 0 aliphatic heterocycles. The molecule has 0 aliphatic carbocycles. The second-order valence-corrected chi connectivity index (χ2v) is 6.11. The lowest BCUT2D eigenvalue weighted by Crippen LogP contribution is -2.45. The van der Waals surface area contributed by atoms with Crippen LogP contribution >= 0.6 is 11.3 Å². The third kappa shape index (κ3) is 3.79. The number of hydrogen-bond donors (Lipinski definition) is 1. The summed E-state index contributed by atoms with van der Waals surface area (Å²) in [7, 11) is 1.58. The van der Waals surface area contributed by atoms with Crippen LogP contribution in [0.3, 0.4) is 0 Å². The zero-order valence-corrected chi connectivity index (χ0v) is 13.8. The second-order valence-electron chi connectivity index (χ2n) is 5.07. The maximum atomic E-state index is 12.3. The number of aromatic nitrogens is 2. The van der Waals surface area contributed by atoms with E-state index in [2.05, 4.69) is 0 Å². The number of aliphatic hydroxyl groups excluding tert-OH is 1. The van der Waals surface area contributed by atoms with Crippen LogP contribution in [0.15, 0.2) is 33.3 Å². The van der Waals surface area contributed by atoms with E-state index < -0.39 is 23.7 Å². The van der Waals surface area contributed by atoms with Crippen molar-refractivity contribution in [1.29, 1.82) is 5.26 Å². The summed E-state index contributed by atoms with van der Waals surface area (Å²) in [5.41, 5.74) is -1.79. The zero-order valence-electron chi connectivity index (χ0n) is 13.0. The molecule has 0 aromatic carbocycles. The quantitative estimate of drug-likeness (QED) is 0.764. The Bertz CT molecular complexity index is 876. The van der Waals surface area contributed by atoms with Crippen LogP contribution in [0.2, 0.25) is 0 Å². The van der Waals surface area contributed by atoms with Gasteiger partial charge in [0.25, 0.3) is 5.56 Å². The number of amides is 1. The molecule has 1 N–H and O–H groups in total. The first-order valence-electron chi connectivity index (χ1n) is 7.09. The van der Waals surface area contributed by atoms with Gasteiger partial charge in [0.2, 0.25) is 5.91 Å². The molecule has 1 amide bonds. The van der Waals surface area contributed by atoms with E-state index in [1.54, 1.807) is 13.1 Å². The third-order valence-corrected chi connectivity index (χ3v) is 4.25. The normalized spacial score (nSPS) is 10.4. The lowest BCUT2D eigenvalue weighted by Gasteiger charge is -2.17. The van der Waals surface area contributed by atoms with Crippen molar-refractivity contribution in [2.75, 3.05) is 13.7 Å². The van der Waals surface area contributed by atoms with E-state index in [1.165, 1.54) is 16.2 Å². The van der Waals surface area contributed by atoms with Crippen molar-refractivity contribution in [2.45, 2.75) is 19.6 Å². The average molecular weight is 348 g/mol. The van der Waals surface area contributed by atoms with E-state index >= 15 is 0 Å². The van der Waals surface area contributed by atoms with Gasteiger partial charge in [-0.15, -0.1) is 11.3 Å². The van der Waals surface area contributed by atoms with Crippen LogP contribution in [0, 0.1) is 11.3 Å². The lowest BCUT2D eigenvalue weighted by molar-refractivity contribution is -0.131. The van der Waals surface area contributed by atoms with E-state index in [0.717, 1.165) is 20.2 Å². The molecule has 0 unspecified atom stereocenters. The Hall–Kier alpha value is -2.70. The topological polar surface area (TPSA) is 108 Å². The Kier molecular flexibility index (Phi) is 5.68. The molecule has 0 spiro atoms. The van der Waals surface area contributed by atoms with Crippen molar-refractivity contribution < 1.29 is 9.90 Å². The van der Waals surface area contributed by atoms with Crippen LogP contribution < -0.4 is 11.2 Å². The Morgan fingerprint density at radius 3 is 2.79 bits per heavy atom. The van der Waals surface area contributed by atoms with Crippen molar-refractivity contribution >= 4 is 17.2 Å². The fourth-order valence-corrected chi connectivity index (χ4v) is 2.88. The van der Waals surface area contributed by atoms with Gasteiger partial charge in [-0.2, -0.15) is 5.26 Å². The number of carbonyl (C=O) groups excluding carboxylic acids is 1. The van der Waals surface area contributed by atoms with E-state index in [4.69, 9.17) is 10.4 Å². The summed E-state index contributed by atoms with van der Waals surface area (Å²) >= 11 is 1.50. The molecule has 0 atom stereocenters. The molecule has 9 heteroatoms. The predicted octanol–water partition coefficient (Wildman–Crippen LogP) is -0.406.